The molecule has 2 N–H and O–H groups in total. The third-order valence-corrected chi connectivity index (χ3v) is 3.61. The van der Waals surface area contributed by atoms with Gasteiger partial charge in [0.25, 0.3) is 0 Å². The molecule has 0 aromatic heterocycles. The molecule has 0 aliphatic heterocycles. The van der Waals surface area contributed by atoms with E-state index in [9.17, 15) is 4.79 Å². The first-order valence-electron chi connectivity index (χ1n) is 6.45. The lowest BCUT2D eigenvalue weighted by Gasteiger charge is -2.28. The van der Waals surface area contributed by atoms with E-state index in [0.717, 1.165) is 18.8 Å². The zero-order valence-electron chi connectivity index (χ0n) is 10.7. The van der Waals surface area contributed by atoms with Crippen LogP contribution in [0, 0.1) is 17.8 Å². The first-order valence-corrected chi connectivity index (χ1v) is 6.45. The zero-order valence-corrected chi connectivity index (χ0v) is 10.7. The maximum absolute atomic E-state index is 11.9. The van der Waals surface area contributed by atoms with Crippen LogP contribution < -0.4 is 5.73 Å². The number of rotatable bonds is 4. The van der Waals surface area contributed by atoms with Crippen molar-refractivity contribution in [2.75, 3.05) is 6.54 Å². The fourth-order valence-corrected chi connectivity index (χ4v) is 2.24. The molecule has 1 rings (SSSR count). The number of esters is 1. The van der Waals surface area contributed by atoms with Gasteiger partial charge in [0.15, 0.2) is 0 Å². The molecule has 0 aromatic carbocycles. The maximum Gasteiger partial charge on any atom is 0.310 e. The van der Waals surface area contributed by atoms with Crippen molar-refractivity contribution < 1.29 is 9.53 Å². The van der Waals surface area contributed by atoms with E-state index in [2.05, 4.69) is 6.92 Å². The van der Waals surface area contributed by atoms with Crippen molar-refractivity contribution in [1.29, 1.82) is 0 Å². The number of hydrogen-bond donors (Lipinski definition) is 1. The Morgan fingerprint density at radius 3 is 2.31 bits per heavy atom. The van der Waals surface area contributed by atoms with Gasteiger partial charge < -0.3 is 10.5 Å². The quantitative estimate of drug-likeness (QED) is 0.750. The van der Waals surface area contributed by atoms with Gasteiger partial charge in [0.05, 0.1) is 5.92 Å². The molecule has 0 heterocycles. The molecule has 94 valence electrons. The van der Waals surface area contributed by atoms with Gasteiger partial charge >= 0.3 is 5.97 Å². The minimum absolute atomic E-state index is 0.1000. The molecule has 0 saturated heterocycles. The van der Waals surface area contributed by atoms with Gasteiger partial charge in [-0.1, -0.05) is 20.8 Å². The van der Waals surface area contributed by atoms with Gasteiger partial charge in [0, 0.05) is 6.54 Å². The van der Waals surface area contributed by atoms with Crippen molar-refractivity contribution in [2.45, 2.75) is 52.6 Å². The van der Waals surface area contributed by atoms with Gasteiger partial charge in [-0.15, -0.1) is 0 Å². The maximum atomic E-state index is 11.9. The Hall–Kier alpha value is -0.570. The molecule has 1 saturated carbocycles. The Morgan fingerprint density at radius 1 is 1.31 bits per heavy atom. The summed E-state index contributed by atoms with van der Waals surface area (Å²) in [5.74, 6) is 0.807. The van der Waals surface area contributed by atoms with E-state index < -0.39 is 0 Å². The summed E-state index contributed by atoms with van der Waals surface area (Å²) in [6, 6.07) is 0. The molecule has 0 radical (unpaired) electrons. The molecule has 1 unspecified atom stereocenters. The van der Waals surface area contributed by atoms with Gasteiger partial charge in [-0.2, -0.15) is 0 Å². The van der Waals surface area contributed by atoms with Gasteiger partial charge in [0.1, 0.15) is 6.10 Å². The van der Waals surface area contributed by atoms with Crippen molar-refractivity contribution >= 4 is 5.97 Å². The molecule has 1 fully saturated rings. The molecular weight excluding hydrogens is 202 g/mol. The molecule has 0 amide bonds. The summed E-state index contributed by atoms with van der Waals surface area (Å²) >= 11 is 0. The van der Waals surface area contributed by atoms with Crippen LogP contribution in [-0.2, 0) is 9.53 Å². The molecule has 16 heavy (non-hydrogen) atoms. The number of nitrogens with two attached hydrogens (primary N) is 1. The van der Waals surface area contributed by atoms with Crippen LogP contribution in [0.1, 0.15) is 46.5 Å². The van der Waals surface area contributed by atoms with Crippen molar-refractivity contribution in [2.24, 2.45) is 23.5 Å². The summed E-state index contributed by atoms with van der Waals surface area (Å²) < 4.78 is 5.54. The van der Waals surface area contributed by atoms with Crippen LogP contribution in [0.4, 0.5) is 0 Å². The number of ether oxygens (including phenoxy) is 1. The lowest BCUT2D eigenvalue weighted by atomic mass is 9.88. The molecule has 3 nitrogen and oxygen atoms in total. The Balaban J connectivity index is 2.38. The Morgan fingerprint density at radius 2 is 1.88 bits per heavy atom. The molecular formula is C13H25NO2. The first-order chi connectivity index (χ1) is 7.54. The Bertz CT molecular complexity index is 220. The second kappa shape index (κ2) is 6.24. The monoisotopic (exact) mass is 227 g/mol. The summed E-state index contributed by atoms with van der Waals surface area (Å²) in [4.78, 5) is 11.9. The molecule has 1 aliphatic rings. The van der Waals surface area contributed by atoms with Crippen LogP contribution in [0.15, 0.2) is 0 Å². The predicted octanol–water partition coefficient (Wildman–Crippen LogP) is 2.34. The highest BCUT2D eigenvalue weighted by Gasteiger charge is 2.27. The smallest absolute Gasteiger partial charge is 0.310 e. The van der Waals surface area contributed by atoms with Crippen LogP contribution in [0.5, 0.6) is 0 Å². The van der Waals surface area contributed by atoms with E-state index in [1.54, 1.807) is 0 Å². The van der Waals surface area contributed by atoms with E-state index in [0.29, 0.717) is 6.54 Å². The predicted molar refractivity (Wildman–Crippen MR) is 64.9 cm³/mol. The van der Waals surface area contributed by atoms with E-state index in [1.165, 1.54) is 12.8 Å². The van der Waals surface area contributed by atoms with E-state index in [1.807, 2.05) is 13.8 Å². The second-order valence-electron chi connectivity index (χ2n) is 5.40. The summed E-state index contributed by atoms with van der Waals surface area (Å²) in [5.41, 5.74) is 5.60. The van der Waals surface area contributed by atoms with Crippen LogP contribution >= 0.6 is 0 Å². The first kappa shape index (κ1) is 13.5. The highest BCUT2D eigenvalue weighted by Crippen LogP contribution is 2.26. The summed E-state index contributed by atoms with van der Waals surface area (Å²) in [6.45, 7) is 6.68. The van der Waals surface area contributed by atoms with Crippen LogP contribution in [-0.4, -0.2) is 18.6 Å². The molecule has 3 heteroatoms. The Labute approximate surface area is 98.7 Å². The van der Waals surface area contributed by atoms with Crippen molar-refractivity contribution in [1.82, 2.24) is 0 Å². The zero-order chi connectivity index (χ0) is 12.1. The lowest BCUT2D eigenvalue weighted by Crippen LogP contribution is -2.33. The number of carbonyl (C=O) groups excluding carboxylic acids is 1. The number of carbonyl (C=O) groups is 1. The van der Waals surface area contributed by atoms with Gasteiger partial charge in [-0.3, -0.25) is 4.79 Å². The average molecular weight is 227 g/mol. The SMILES string of the molecule is CC1CCC(OC(=O)C(CN)C(C)C)CC1. The fraction of sp³-hybridized carbons (Fsp3) is 0.923. The number of hydrogen-bond acceptors (Lipinski definition) is 3. The molecule has 1 aliphatic carbocycles. The van der Waals surface area contributed by atoms with Crippen LogP contribution in [0.3, 0.4) is 0 Å². The summed E-state index contributed by atoms with van der Waals surface area (Å²) in [5, 5.41) is 0. The standard InChI is InChI=1S/C13H25NO2/c1-9(2)12(8-14)13(15)16-11-6-4-10(3)5-7-11/h9-12H,4-8,14H2,1-3H3. The minimum atomic E-state index is -0.139. The van der Waals surface area contributed by atoms with Crippen LogP contribution in [0.2, 0.25) is 0 Å². The van der Waals surface area contributed by atoms with E-state index in [-0.39, 0.29) is 23.9 Å². The molecule has 0 aromatic rings. The minimum Gasteiger partial charge on any atom is -0.462 e. The van der Waals surface area contributed by atoms with E-state index >= 15 is 0 Å². The molecule has 0 spiro atoms. The highest BCUT2D eigenvalue weighted by atomic mass is 16.5. The van der Waals surface area contributed by atoms with Crippen molar-refractivity contribution in [3.63, 3.8) is 0 Å². The lowest BCUT2D eigenvalue weighted by molar-refractivity contribution is -0.157. The molecule has 0 bridgehead atoms. The van der Waals surface area contributed by atoms with Crippen LogP contribution in [0.25, 0.3) is 0 Å². The topological polar surface area (TPSA) is 52.3 Å². The fourth-order valence-electron chi connectivity index (χ4n) is 2.24. The Kier molecular flexibility index (Phi) is 5.26. The summed E-state index contributed by atoms with van der Waals surface area (Å²) in [7, 11) is 0. The molecule has 1 atom stereocenters. The second-order valence-corrected chi connectivity index (χ2v) is 5.40. The third-order valence-electron chi connectivity index (χ3n) is 3.61. The normalized spacial score (nSPS) is 27.8. The van der Waals surface area contributed by atoms with Gasteiger partial charge in [0.2, 0.25) is 0 Å². The van der Waals surface area contributed by atoms with Gasteiger partial charge in [-0.05, 0) is 37.5 Å². The largest absolute Gasteiger partial charge is 0.462 e. The summed E-state index contributed by atoms with van der Waals surface area (Å²) in [6.07, 6.45) is 4.52. The van der Waals surface area contributed by atoms with Crippen molar-refractivity contribution in [3.8, 4) is 0 Å². The average Bonchev–Trinajstić information content (AvgIpc) is 2.22. The van der Waals surface area contributed by atoms with E-state index in [4.69, 9.17) is 10.5 Å². The third kappa shape index (κ3) is 3.78. The van der Waals surface area contributed by atoms with Crippen molar-refractivity contribution in [3.05, 3.63) is 0 Å². The van der Waals surface area contributed by atoms with Gasteiger partial charge in [-0.25, -0.2) is 0 Å². The highest BCUT2D eigenvalue weighted by molar-refractivity contribution is 5.73.